The first-order valence-electron chi connectivity index (χ1n) is 3.37. The van der Waals surface area contributed by atoms with E-state index in [-0.39, 0.29) is 0 Å². The summed E-state index contributed by atoms with van der Waals surface area (Å²) in [5.74, 6) is -2.82. The first-order valence-corrected chi connectivity index (χ1v) is 3.37. The lowest BCUT2D eigenvalue weighted by Crippen LogP contribution is -2.10. The van der Waals surface area contributed by atoms with E-state index >= 15 is 0 Å². The highest BCUT2D eigenvalue weighted by molar-refractivity contribution is 6.12. The molecule has 2 N–H and O–H groups in total. The normalized spacial score (nSPS) is 9.75. The van der Waals surface area contributed by atoms with Crippen LogP contribution in [0.25, 0.3) is 0 Å². The van der Waals surface area contributed by atoms with Gasteiger partial charge < -0.3 is 10.2 Å². The molecule has 0 bridgehead atoms. The molecule has 0 fully saturated rings. The second-order valence-electron chi connectivity index (χ2n) is 2.03. The molecular formula is C8H10O4. The summed E-state index contributed by atoms with van der Waals surface area (Å²) in [6, 6.07) is 0. The smallest absolute Gasteiger partial charge is 0.342 e. The largest absolute Gasteiger partial charge is 0.477 e. The lowest BCUT2D eigenvalue weighted by atomic mass is 10.2. The van der Waals surface area contributed by atoms with Gasteiger partial charge >= 0.3 is 11.9 Å². The van der Waals surface area contributed by atoms with Crippen molar-refractivity contribution in [2.24, 2.45) is 0 Å². The van der Waals surface area contributed by atoms with Gasteiger partial charge in [0.2, 0.25) is 0 Å². The Bertz CT molecular complexity index is 221. The van der Waals surface area contributed by atoms with Gasteiger partial charge in [-0.25, -0.2) is 9.59 Å². The van der Waals surface area contributed by atoms with Crippen molar-refractivity contribution < 1.29 is 19.8 Å². The van der Waals surface area contributed by atoms with Crippen LogP contribution in [0.4, 0.5) is 0 Å². The summed E-state index contributed by atoms with van der Waals surface area (Å²) in [5.41, 5.74) is -0.590. The van der Waals surface area contributed by atoms with Gasteiger partial charge in [0.1, 0.15) is 5.57 Å². The standard InChI is InChI=1S/C8H10O4/c1-2-3-4-5-6(7(9)10)8(11)12/h2-3,5H,4H2,1H3,(H,9,10)(H,11,12)/b3-2+. The minimum atomic E-state index is -1.41. The quantitative estimate of drug-likeness (QED) is 0.286. The van der Waals surface area contributed by atoms with Crippen LogP contribution in [-0.4, -0.2) is 22.2 Å². The third kappa shape index (κ3) is 3.55. The second kappa shape index (κ2) is 5.12. The average Bonchev–Trinajstić information content (AvgIpc) is 1.96. The third-order valence-electron chi connectivity index (χ3n) is 1.15. The van der Waals surface area contributed by atoms with E-state index in [1.165, 1.54) is 0 Å². The van der Waals surface area contributed by atoms with Gasteiger partial charge in [-0.15, -0.1) is 0 Å². The second-order valence-corrected chi connectivity index (χ2v) is 2.03. The molecule has 0 heterocycles. The van der Waals surface area contributed by atoms with Crippen LogP contribution >= 0.6 is 0 Å². The van der Waals surface area contributed by atoms with Gasteiger partial charge in [-0.3, -0.25) is 0 Å². The molecule has 12 heavy (non-hydrogen) atoms. The highest BCUT2D eigenvalue weighted by Crippen LogP contribution is 1.98. The number of allylic oxidation sites excluding steroid dienone is 3. The first-order chi connectivity index (χ1) is 5.59. The van der Waals surface area contributed by atoms with Gasteiger partial charge in [-0.05, 0) is 13.3 Å². The van der Waals surface area contributed by atoms with Crippen LogP contribution in [0.15, 0.2) is 23.8 Å². The van der Waals surface area contributed by atoms with Crippen molar-refractivity contribution in [3.05, 3.63) is 23.8 Å². The van der Waals surface area contributed by atoms with Crippen molar-refractivity contribution in [3.63, 3.8) is 0 Å². The van der Waals surface area contributed by atoms with Gasteiger partial charge in [-0.2, -0.15) is 0 Å². The van der Waals surface area contributed by atoms with Gasteiger partial charge in [0.25, 0.3) is 0 Å². The van der Waals surface area contributed by atoms with E-state index in [2.05, 4.69) is 0 Å². The Morgan fingerprint density at radius 3 is 2.08 bits per heavy atom. The van der Waals surface area contributed by atoms with E-state index in [9.17, 15) is 9.59 Å². The Morgan fingerprint density at radius 1 is 1.25 bits per heavy atom. The topological polar surface area (TPSA) is 74.6 Å². The molecule has 0 saturated heterocycles. The summed E-state index contributed by atoms with van der Waals surface area (Å²) in [6.45, 7) is 1.77. The molecule has 0 aliphatic rings. The van der Waals surface area contributed by atoms with Crippen molar-refractivity contribution in [1.82, 2.24) is 0 Å². The fourth-order valence-corrected chi connectivity index (χ4v) is 0.588. The van der Waals surface area contributed by atoms with Crippen LogP contribution in [-0.2, 0) is 9.59 Å². The molecular weight excluding hydrogens is 160 g/mol. The van der Waals surface area contributed by atoms with E-state index in [0.717, 1.165) is 6.08 Å². The lowest BCUT2D eigenvalue weighted by Gasteiger charge is -1.92. The fourth-order valence-electron chi connectivity index (χ4n) is 0.588. The van der Waals surface area contributed by atoms with Crippen molar-refractivity contribution in [1.29, 1.82) is 0 Å². The molecule has 0 unspecified atom stereocenters. The Morgan fingerprint density at radius 2 is 1.75 bits per heavy atom. The summed E-state index contributed by atoms with van der Waals surface area (Å²) < 4.78 is 0. The maximum Gasteiger partial charge on any atom is 0.342 e. The molecule has 66 valence electrons. The molecule has 0 saturated carbocycles. The number of hydrogen-bond donors (Lipinski definition) is 2. The van der Waals surface area contributed by atoms with Crippen LogP contribution in [0.3, 0.4) is 0 Å². The molecule has 0 aliphatic carbocycles. The Kier molecular flexibility index (Phi) is 4.45. The zero-order chi connectivity index (χ0) is 9.56. The lowest BCUT2D eigenvalue weighted by molar-refractivity contribution is -0.140. The minimum Gasteiger partial charge on any atom is -0.477 e. The van der Waals surface area contributed by atoms with E-state index in [4.69, 9.17) is 10.2 Å². The van der Waals surface area contributed by atoms with Gasteiger partial charge in [-0.1, -0.05) is 18.2 Å². The maximum absolute atomic E-state index is 10.3. The number of aliphatic carboxylic acids is 2. The number of carboxylic acids is 2. The monoisotopic (exact) mass is 170 g/mol. The van der Waals surface area contributed by atoms with E-state index in [0.29, 0.717) is 6.42 Å². The van der Waals surface area contributed by atoms with E-state index in [1.807, 2.05) is 0 Å². The summed E-state index contributed by atoms with van der Waals surface area (Å²) in [5, 5.41) is 16.7. The maximum atomic E-state index is 10.3. The fraction of sp³-hybridized carbons (Fsp3) is 0.250. The Balaban J connectivity index is 4.40. The Hall–Kier alpha value is -1.58. The molecule has 4 nitrogen and oxygen atoms in total. The number of carboxylic acid groups (broad SMARTS) is 2. The molecule has 0 aromatic heterocycles. The predicted molar refractivity (Wildman–Crippen MR) is 42.8 cm³/mol. The van der Waals surface area contributed by atoms with Gasteiger partial charge in [0.05, 0.1) is 0 Å². The molecule has 0 aliphatic heterocycles. The van der Waals surface area contributed by atoms with Crippen molar-refractivity contribution in [3.8, 4) is 0 Å². The predicted octanol–water partition coefficient (Wildman–Crippen LogP) is 1.05. The molecule has 4 heteroatoms. The summed E-state index contributed by atoms with van der Waals surface area (Å²) in [6.07, 6.45) is 4.87. The first kappa shape index (κ1) is 10.4. The summed E-state index contributed by atoms with van der Waals surface area (Å²) in [4.78, 5) is 20.5. The SMILES string of the molecule is C/C=C/CC=C(C(=O)O)C(=O)O. The average molecular weight is 170 g/mol. The highest BCUT2D eigenvalue weighted by Gasteiger charge is 2.14. The highest BCUT2D eigenvalue weighted by atomic mass is 16.4. The third-order valence-corrected chi connectivity index (χ3v) is 1.15. The van der Waals surface area contributed by atoms with Crippen LogP contribution in [0.1, 0.15) is 13.3 Å². The molecule has 0 rings (SSSR count). The molecule has 0 aromatic rings. The summed E-state index contributed by atoms with van der Waals surface area (Å²) in [7, 11) is 0. The van der Waals surface area contributed by atoms with Crippen LogP contribution in [0, 0.1) is 0 Å². The zero-order valence-electron chi connectivity index (χ0n) is 6.65. The van der Waals surface area contributed by atoms with Gasteiger partial charge in [0, 0.05) is 0 Å². The molecule has 0 radical (unpaired) electrons. The van der Waals surface area contributed by atoms with Crippen LogP contribution in [0.5, 0.6) is 0 Å². The van der Waals surface area contributed by atoms with E-state index in [1.54, 1.807) is 19.1 Å². The van der Waals surface area contributed by atoms with Crippen molar-refractivity contribution in [2.75, 3.05) is 0 Å². The minimum absolute atomic E-state index is 0.324. The van der Waals surface area contributed by atoms with Crippen molar-refractivity contribution >= 4 is 11.9 Å². The van der Waals surface area contributed by atoms with Crippen molar-refractivity contribution in [2.45, 2.75) is 13.3 Å². The summed E-state index contributed by atoms with van der Waals surface area (Å²) >= 11 is 0. The Labute approximate surface area is 69.8 Å². The molecule has 0 atom stereocenters. The van der Waals surface area contributed by atoms with Crippen LogP contribution in [0.2, 0.25) is 0 Å². The van der Waals surface area contributed by atoms with Crippen LogP contribution < -0.4 is 0 Å². The van der Waals surface area contributed by atoms with E-state index < -0.39 is 17.5 Å². The number of carbonyl (C=O) groups is 2. The van der Waals surface area contributed by atoms with Gasteiger partial charge in [0.15, 0.2) is 0 Å². The zero-order valence-corrected chi connectivity index (χ0v) is 6.65. The number of rotatable bonds is 4. The molecule has 0 amide bonds. The number of hydrogen-bond acceptors (Lipinski definition) is 2. The molecule has 0 spiro atoms. The molecule has 0 aromatic carbocycles.